The third-order valence-electron chi connectivity index (χ3n) is 4.60. The number of hydrogen-bond acceptors (Lipinski definition) is 3. The van der Waals surface area contributed by atoms with Crippen molar-refractivity contribution in [1.82, 2.24) is 5.32 Å². The Morgan fingerprint density at radius 1 is 0.926 bits per heavy atom. The highest BCUT2D eigenvalue weighted by molar-refractivity contribution is 7.92. The minimum absolute atomic E-state index is 0.0206. The molecule has 0 spiro atoms. The van der Waals surface area contributed by atoms with E-state index in [9.17, 15) is 13.2 Å². The van der Waals surface area contributed by atoms with Crippen molar-refractivity contribution in [3.05, 3.63) is 71.3 Å². The van der Waals surface area contributed by atoms with Gasteiger partial charge in [-0.1, -0.05) is 68.4 Å². The van der Waals surface area contributed by atoms with Gasteiger partial charge >= 0.3 is 0 Å². The van der Waals surface area contributed by atoms with Crippen molar-refractivity contribution in [2.45, 2.75) is 45.6 Å². The molecule has 5 heteroatoms. The van der Waals surface area contributed by atoms with E-state index in [0.717, 1.165) is 11.1 Å². The Balaban J connectivity index is 1.82. The van der Waals surface area contributed by atoms with Crippen LogP contribution in [0.3, 0.4) is 0 Å². The zero-order chi connectivity index (χ0) is 19.9. The summed E-state index contributed by atoms with van der Waals surface area (Å²) in [6.45, 7) is 6.12. The predicted molar refractivity (Wildman–Crippen MR) is 111 cm³/mol. The van der Waals surface area contributed by atoms with Crippen molar-refractivity contribution < 1.29 is 13.2 Å². The maximum atomic E-state index is 12.2. The average Bonchev–Trinajstić information content (AvgIpc) is 2.62. The maximum Gasteiger partial charge on any atom is 0.235 e. The second-order valence-corrected chi connectivity index (χ2v) is 9.48. The van der Waals surface area contributed by atoms with Crippen LogP contribution in [0.4, 0.5) is 0 Å². The summed E-state index contributed by atoms with van der Waals surface area (Å²) >= 11 is 0. The van der Waals surface area contributed by atoms with Crippen LogP contribution < -0.4 is 5.32 Å². The minimum Gasteiger partial charge on any atom is -0.349 e. The van der Waals surface area contributed by atoms with Gasteiger partial charge in [-0.3, -0.25) is 4.79 Å². The van der Waals surface area contributed by atoms with E-state index >= 15 is 0 Å². The number of carbonyl (C=O) groups excluding carboxylic acids is 1. The third kappa shape index (κ3) is 7.18. The van der Waals surface area contributed by atoms with Crippen molar-refractivity contribution in [1.29, 1.82) is 0 Å². The van der Waals surface area contributed by atoms with Gasteiger partial charge in [-0.15, -0.1) is 0 Å². The fraction of sp³-hybridized carbons (Fsp3) is 0.409. The number of benzene rings is 2. The standard InChI is InChI=1S/C22H29NO3S/c1-17(2)20-11-13-21(14-12-20)18(3)23-22(24)16-27(25,26)15-7-10-19-8-5-4-6-9-19/h4-6,8-9,11-14,17-18H,7,10,15-16H2,1-3H3,(H,23,24). The SMILES string of the molecule is CC(C)c1ccc(C(C)NC(=O)CS(=O)(=O)CCCc2ccccc2)cc1. The predicted octanol–water partition coefficient (Wildman–Crippen LogP) is 4.03. The molecule has 1 N–H and O–H groups in total. The molecule has 27 heavy (non-hydrogen) atoms. The summed E-state index contributed by atoms with van der Waals surface area (Å²) < 4.78 is 24.4. The largest absolute Gasteiger partial charge is 0.349 e. The van der Waals surface area contributed by atoms with Gasteiger partial charge in [-0.05, 0) is 42.4 Å². The quantitative estimate of drug-likeness (QED) is 0.706. The van der Waals surface area contributed by atoms with Gasteiger partial charge in [-0.2, -0.15) is 0 Å². The molecule has 0 aromatic heterocycles. The summed E-state index contributed by atoms with van der Waals surface area (Å²) in [5.74, 6) is -0.441. The summed E-state index contributed by atoms with van der Waals surface area (Å²) in [7, 11) is -3.41. The minimum atomic E-state index is -3.41. The van der Waals surface area contributed by atoms with Crippen molar-refractivity contribution in [2.75, 3.05) is 11.5 Å². The number of carbonyl (C=O) groups is 1. The highest BCUT2D eigenvalue weighted by Crippen LogP contribution is 2.18. The Kier molecular flexibility index (Phi) is 7.60. The molecule has 2 rings (SSSR count). The monoisotopic (exact) mass is 387 g/mol. The van der Waals surface area contributed by atoms with E-state index in [1.165, 1.54) is 5.56 Å². The summed E-state index contributed by atoms with van der Waals surface area (Å²) in [4.78, 5) is 12.2. The number of amides is 1. The Morgan fingerprint density at radius 3 is 2.11 bits per heavy atom. The Labute approximate surface area is 162 Å². The lowest BCUT2D eigenvalue weighted by Crippen LogP contribution is -2.33. The molecule has 0 fully saturated rings. The Hall–Kier alpha value is -2.14. The molecule has 1 unspecified atom stereocenters. The van der Waals surface area contributed by atoms with Crippen molar-refractivity contribution >= 4 is 15.7 Å². The normalized spacial score (nSPS) is 12.7. The molecule has 0 radical (unpaired) electrons. The molecule has 4 nitrogen and oxygen atoms in total. The van der Waals surface area contributed by atoms with E-state index in [-0.39, 0.29) is 11.8 Å². The van der Waals surface area contributed by atoms with Gasteiger partial charge in [0.25, 0.3) is 0 Å². The molecule has 1 atom stereocenters. The molecule has 0 aliphatic carbocycles. The van der Waals surface area contributed by atoms with Crippen LogP contribution in [0.2, 0.25) is 0 Å². The number of aryl methyl sites for hydroxylation is 1. The zero-order valence-electron chi connectivity index (χ0n) is 16.3. The lowest BCUT2D eigenvalue weighted by atomic mass is 10.00. The topological polar surface area (TPSA) is 63.2 Å². The van der Waals surface area contributed by atoms with Crippen LogP contribution >= 0.6 is 0 Å². The lowest BCUT2D eigenvalue weighted by molar-refractivity contribution is -0.119. The number of rotatable bonds is 9. The molecule has 0 heterocycles. The average molecular weight is 388 g/mol. The van der Waals surface area contributed by atoms with Crippen LogP contribution in [-0.4, -0.2) is 25.8 Å². The number of hydrogen-bond donors (Lipinski definition) is 1. The van der Waals surface area contributed by atoms with Crippen LogP contribution in [0, 0.1) is 0 Å². The second-order valence-electron chi connectivity index (χ2n) is 7.29. The van der Waals surface area contributed by atoms with E-state index in [1.807, 2.05) is 61.5 Å². The van der Waals surface area contributed by atoms with E-state index < -0.39 is 21.5 Å². The highest BCUT2D eigenvalue weighted by Gasteiger charge is 2.18. The Morgan fingerprint density at radius 2 is 1.52 bits per heavy atom. The zero-order valence-corrected chi connectivity index (χ0v) is 17.1. The van der Waals surface area contributed by atoms with Gasteiger partial charge in [0.05, 0.1) is 11.8 Å². The fourth-order valence-electron chi connectivity index (χ4n) is 2.95. The molecule has 0 aliphatic heterocycles. The Bertz CT molecular complexity index is 828. The molecule has 0 bridgehead atoms. The summed E-state index contributed by atoms with van der Waals surface area (Å²) in [5.41, 5.74) is 3.31. The smallest absolute Gasteiger partial charge is 0.235 e. The van der Waals surface area contributed by atoms with Gasteiger partial charge in [0.15, 0.2) is 9.84 Å². The summed E-state index contributed by atoms with van der Waals surface area (Å²) in [6, 6.07) is 17.6. The second kappa shape index (κ2) is 9.70. The molecular weight excluding hydrogens is 358 g/mol. The molecular formula is C22H29NO3S. The first-order chi connectivity index (χ1) is 12.8. The van der Waals surface area contributed by atoms with Crippen LogP contribution in [0.25, 0.3) is 0 Å². The summed E-state index contributed by atoms with van der Waals surface area (Å²) in [5, 5.41) is 2.79. The van der Waals surface area contributed by atoms with Gasteiger partial charge in [0, 0.05) is 0 Å². The number of sulfone groups is 1. The first kappa shape index (κ1) is 21.2. The number of nitrogens with one attached hydrogen (secondary N) is 1. The van der Waals surface area contributed by atoms with E-state index in [1.54, 1.807) is 0 Å². The lowest BCUT2D eigenvalue weighted by Gasteiger charge is -2.15. The van der Waals surface area contributed by atoms with Gasteiger partial charge < -0.3 is 5.32 Å². The third-order valence-corrected chi connectivity index (χ3v) is 6.21. The fourth-order valence-corrected chi connectivity index (χ4v) is 4.16. The highest BCUT2D eigenvalue weighted by atomic mass is 32.2. The first-order valence-electron chi connectivity index (χ1n) is 9.40. The molecule has 0 saturated carbocycles. The molecule has 2 aromatic rings. The van der Waals surface area contributed by atoms with E-state index in [2.05, 4.69) is 19.2 Å². The van der Waals surface area contributed by atoms with Crippen LogP contribution in [0.15, 0.2) is 54.6 Å². The van der Waals surface area contributed by atoms with Crippen molar-refractivity contribution in [3.63, 3.8) is 0 Å². The summed E-state index contributed by atoms with van der Waals surface area (Å²) in [6.07, 6.45) is 1.21. The van der Waals surface area contributed by atoms with E-state index in [0.29, 0.717) is 18.8 Å². The van der Waals surface area contributed by atoms with Crippen LogP contribution in [-0.2, 0) is 21.1 Å². The van der Waals surface area contributed by atoms with Crippen molar-refractivity contribution in [2.24, 2.45) is 0 Å². The van der Waals surface area contributed by atoms with E-state index in [4.69, 9.17) is 0 Å². The molecule has 146 valence electrons. The van der Waals surface area contributed by atoms with Crippen molar-refractivity contribution in [3.8, 4) is 0 Å². The van der Waals surface area contributed by atoms with Crippen LogP contribution in [0.1, 0.15) is 55.8 Å². The molecule has 1 amide bonds. The van der Waals surface area contributed by atoms with Gasteiger partial charge in [0.1, 0.15) is 5.75 Å². The van der Waals surface area contributed by atoms with Crippen LogP contribution in [0.5, 0.6) is 0 Å². The first-order valence-corrected chi connectivity index (χ1v) is 11.2. The van der Waals surface area contributed by atoms with Gasteiger partial charge in [0.2, 0.25) is 5.91 Å². The maximum absolute atomic E-state index is 12.2. The molecule has 0 aliphatic rings. The van der Waals surface area contributed by atoms with Gasteiger partial charge in [-0.25, -0.2) is 8.42 Å². The molecule has 2 aromatic carbocycles. The molecule has 0 saturated heterocycles.